The van der Waals surface area contributed by atoms with E-state index in [0.717, 1.165) is 58.6 Å². The molecule has 2 aromatic carbocycles. The van der Waals surface area contributed by atoms with E-state index in [1.807, 2.05) is 43.3 Å². The Morgan fingerprint density at radius 1 is 1.33 bits per heavy atom. The maximum Gasteiger partial charge on any atom is 0.185 e. The van der Waals surface area contributed by atoms with Gasteiger partial charge in [0.2, 0.25) is 0 Å². The highest BCUT2D eigenvalue weighted by atomic mass is 32.2. The zero-order valence-electron chi connectivity index (χ0n) is 17.3. The molecule has 0 spiro atoms. The van der Waals surface area contributed by atoms with Gasteiger partial charge < -0.3 is 14.8 Å². The smallest absolute Gasteiger partial charge is 0.185 e. The van der Waals surface area contributed by atoms with Crippen LogP contribution in [-0.2, 0) is 6.42 Å². The van der Waals surface area contributed by atoms with E-state index >= 15 is 0 Å². The fraction of sp³-hybridized carbons (Fsp3) is 0.333. The molecule has 0 amide bonds. The number of hydrogen-bond acceptors (Lipinski definition) is 6. The van der Waals surface area contributed by atoms with E-state index in [-0.39, 0.29) is 11.9 Å². The van der Waals surface area contributed by atoms with Crippen molar-refractivity contribution in [1.29, 1.82) is 0 Å². The second kappa shape index (κ2) is 9.39. The predicted molar refractivity (Wildman–Crippen MR) is 124 cm³/mol. The molecule has 0 saturated heterocycles. The van der Waals surface area contributed by atoms with Crippen LogP contribution in [0.1, 0.15) is 41.8 Å². The number of amidine groups is 1. The van der Waals surface area contributed by atoms with Crippen LogP contribution < -0.4 is 14.8 Å². The Balaban J connectivity index is 1.47. The summed E-state index contributed by atoms with van der Waals surface area (Å²) in [5, 5.41) is 4.25. The molecule has 0 fully saturated rings. The summed E-state index contributed by atoms with van der Waals surface area (Å²) >= 11 is 1.73. The number of nitrogens with zero attached hydrogens (tertiary/aromatic N) is 1. The van der Waals surface area contributed by atoms with Gasteiger partial charge in [0.05, 0.1) is 6.61 Å². The summed E-state index contributed by atoms with van der Waals surface area (Å²) in [6.07, 6.45) is 5.56. The normalized spacial score (nSPS) is 17.9. The lowest BCUT2D eigenvalue weighted by Crippen LogP contribution is -2.13. The first kappa shape index (κ1) is 20.5. The molecule has 30 heavy (non-hydrogen) atoms. The maximum absolute atomic E-state index is 12.7. The number of allylic oxidation sites excluding steroid dienone is 1. The number of aliphatic imine (C=N–C) groups is 1. The highest BCUT2D eigenvalue weighted by Crippen LogP contribution is 2.35. The van der Waals surface area contributed by atoms with Gasteiger partial charge in [-0.15, -0.1) is 0 Å². The minimum absolute atomic E-state index is 0.0526. The lowest BCUT2D eigenvalue weighted by Gasteiger charge is -2.13. The van der Waals surface area contributed by atoms with E-state index in [4.69, 9.17) is 9.47 Å². The van der Waals surface area contributed by atoms with Crippen molar-refractivity contribution in [3.05, 3.63) is 59.2 Å². The summed E-state index contributed by atoms with van der Waals surface area (Å²) in [5.74, 6) is 2.69. The molecular weight excluding hydrogens is 396 g/mol. The molecule has 0 radical (unpaired) electrons. The van der Waals surface area contributed by atoms with E-state index < -0.39 is 0 Å². The SMILES string of the molecule is CCOc1cc2c(cc1/C=C/C(=O)c1ccc(NC3=NCCCS3)cc1)O[C@@H](C)C2. The summed E-state index contributed by atoms with van der Waals surface area (Å²) in [6.45, 7) is 5.45. The van der Waals surface area contributed by atoms with Crippen molar-refractivity contribution in [2.75, 3.05) is 24.2 Å². The molecule has 2 aliphatic rings. The largest absolute Gasteiger partial charge is 0.493 e. The Morgan fingerprint density at radius 3 is 2.90 bits per heavy atom. The Bertz CT molecular complexity index is 983. The molecule has 156 valence electrons. The van der Waals surface area contributed by atoms with Crippen molar-refractivity contribution in [2.45, 2.75) is 32.8 Å². The third-order valence-corrected chi connectivity index (χ3v) is 5.96. The van der Waals surface area contributed by atoms with E-state index in [2.05, 4.69) is 17.2 Å². The molecule has 0 bridgehead atoms. The first-order valence-corrected chi connectivity index (χ1v) is 11.3. The monoisotopic (exact) mass is 422 g/mol. The molecule has 1 N–H and O–H groups in total. The number of benzene rings is 2. The van der Waals surface area contributed by atoms with Gasteiger partial charge in [-0.05, 0) is 68.8 Å². The number of rotatable bonds is 6. The zero-order chi connectivity index (χ0) is 20.9. The van der Waals surface area contributed by atoms with E-state index in [9.17, 15) is 4.79 Å². The van der Waals surface area contributed by atoms with E-state index in [1.54, 1.807) is 23.9 Å². The molecule has 2 aromatic rings. The number of nitrogens with one attached hydrogen (secondary N) is 1. The van der Waals surface area contributed by atoms with Gasteiger partial charge in [-0.3, -0.25) is 9.79 Å². The average Bonchev–Trinajstić information content (AvgIpc) is 3.12. The van der Waals surface area contributed by atoms with Gasteiger partial charge in [-0.25, -0.2) is 0 Å². The average molecular weight is 423 g/mol. The van der Waals surface area contributed by atoms with Gasteiger partial charge in [-0.2, -0.15) is 0 Å². The summed E-state index contributed by atoms with van der Waals surface area (Å²) in [5.41, 5.74) is 3.58. The van der Waals surface area contributed by atoms with Gasteiger partial charge in [0.15, 0.2) is 11.0 Å². The number of anilines is 1. The Labute approximate surface area is 181 Å². The summed E-state index contributed by atoms with van der Waals surface area (Å²) in [4.78, 5) is 17.1. The third kappa shape index (κ3) is 4.87. The summed E-state index contributed by atoms with van der Waals surface area (Å²) < 4.78 is 11.6. The zero-order valence-corrected chi connectivity index (χ0v) is 18.1. The Morgan fingerprint density at radius 2 is 2.17 bits per heavy atom. The molecule has 0 saturated carbocycles. The van der Waals surface area contributed by atoms with Crippen molar-refractivity contribution in [1.82, 2.24) is 0 Å². The summed E-state index contributed by atoms with van der Waals surface area (Å²) in [7, 11) is 0. The molecule has 1 atom stereocenters. The van der Waals surface area contributed by atoms with Gasteiger partial charge in [0, 0.05) is 41.1 Å². The molecule has 0 aromatic heterocycles. The number of ether oxygens (including phenoxy) is 2. The number of ketones is 1. The minimum Gasteiger partial charge on any atom is -0.493 e. The van der Waals surface area contributed by atoms with Crippen LogP contribution in [0.4, 0.5) is 5.69 Å². The molecule has 5 nitrogen and oxygen atoms in total. The van der Waals surface area contributed by atoms with Crippen LogP contribution >= 0.6 is 11.8 Å². The number of thioether (sulfide) groups is 1. The second-order valence-corrected chi connectivity index (χ2v) is 8.44. The van der Waals surface area contributed by atoms with Crippen molar-refractivity contribution >= 4 is 34.5 Å². The van der Waals surface area contributed by atoms with Crippen LogP contribution in [0.15, 0.2) is 47.5 Å². The van der Waals surface area contributed by atoms with Crippen LogP contribution in [0.5, 0.6) is 11.5 Å². The van der Waals surface area contributed by atoms with Crippen LogP contribution in [0.3, 0.4) is 0 Å². The van der Waals surface area contributed by atoms with Crippen LogP contribution in [0.25, 0.3) is 6.08 Å². The molecule has 2 aliphatic heterocycles. The maximum atomic E-state index is 12.7. The highest BCUT2D eigenvalue weighted by Gasteiger charge is 2.21. The van der Waals surface area contributed by atoms with Crippen LogP contribution in [-0.4, -0.2) is 36.0 Å². The number of fused-ring (bicyclic) bond motifs is 1. The highest BCUT2D eigenvalue weighted by molar-refractivity contribution is 8.14. The first-order chi connectivity index (χ1) is 14.6. The van der Waals surface area contributed by atoms with Crippen molar-refractivity contribution in [3.63, 3.8) is 0 Å². The van der Waals surface area contributed by atoms with Crippen LogP contribution in [0.2, 0.25) is 0 Å². The standard InChI is InChI=1S/C24H26N2O3S/c1-3-28-22-15-19-13-16(2)29-23(19)14-18(22)7-10-21(27)17-5-8-20(9-6-17)26-24-25-11-4-12-30-24/h5-10,14-16H,3-4,11-13H2,1-2H3,(H,25,26)/b10-7+/t16-/m0/s1. The predicted octanol–water partition coefficient (Wildman–Crippen LogP) is 5.21. The molecule has 2 heterocycles. The lowest BCUT2D eigenvalue weighted by molar-refractivity contribution is 0.104. The number of hydrogen-bond donors (Lipinski definition) is 1. The van der Waals surface area contributed by atoms with Crippen molar-refractivity contribution in [3.8, 4) is 11.5 Å². The fourth-order valence-electron chi connectivity index (χ4n) is 3.50. The molecule has 0 unspecified atom stereocenters. The van der Waals surface area contributed by atoms with E-state index in [0.29, 0.717) is 12.2 Å². The molecule has 6 heteroatoms. The minimum atomic E-state index is -0.0526. The quantitative estimate of drug-likeness (QED) is 0.512. The molecule has 0 aliphatic carbocycles. The first-order valence-electron chi connectivity index (χ1n) is 10.4. The molecular formula is C24H26N2O3S. The Kier molecular flexibility index (Phi) is 6.43. The van der Waals surface area contributed by atoms with Gasteiger partial charge in [-0.1, -0.05) is 11.8 Å². The van der Waals surface area contributed by atoms with Crippen molar-refractivity contribution < 1.29 is 14.3 Å². The van der Waals surface area contributed by atoms with Gasteiger partial charge in [0.1, 0.15) is 17.6 Å². The molecule has 4 rings (SSSR count). The fourth-order valence-corrected chi connectivity index (χ4v) is 4.34. The summed E-state index contributed by atoms with van der Waals surface area (Å²) in [6, 6.07) is 11.5. The number of carbonyl (C=O) groups is 1. The second-order valence-electron chi connectivity index (χ2n) is 7.35. The van der Waals surface area contributed by atoms with Gasteiger partial charge in [0.25, 0.3) is 0 Å². The van der Waals surface area contributed by atoms with Crippen molar-refractivity contribution in [2.24, 2.45) is 4.99 Å². The van der Waals surface area contributed by atoms with Crippen LogP contribution in [0, 0.1) is 0 Å². The third-order valence-electron chi connectivity index (χ3n) is 4.96. The topological polar surface area (TPSA) is 59.9 Å². The van der Waals surface area contributed by atoms with Gasteiger partial charge >= 0.3 is 0 Å². The van der Waals surface area contributed by atoms with E-state index in [1.165, 1.54) is 0 Å². The number of carbonyl (C=O) groups excluding carboxylic acids is 1. The lowest BCUT2D eigenvalue weighted by atomic mass is 10.0. The Hall–Kier alpha value is -2.73.